The molecule has 1 aliphatic rings. The van der Waals surface area contributed by atoms with E-state index in [1.807, 2.05) is 12.1 Å². The van der Waals surface area contributed by atoms with Crippen LogP contribution in [0.25, 0.3) is 0 Å². The van der Waals surface area contributed by atoms with Gasteiger partial charge >= 0.3 is 0 Å². The molecule has 18 heavy (non-hydrogen) atoms. The first-order valence-electron chi connectivity index (χ1n) is 6.88. The third kappa shape index (κ3) is 4.99. The van der Waals surface area contributed by atoms with Crippen LogP contribution in [-0.4, -0.2) is 19.2 Å². The average molecular weight is 312 g/mol. The molecule has 1 aromatic carbocycles. The summed E-state index contributed by atoms with van der Waals surface area (Å²) < 4.78 is 6.88. The van der Waals surface area contributed by atoms with Crippen molar-refractivity contribution in [2.75, 3.05) is 13.2 Å². The van der Waals surface area contributed by atoms with E-state index < -0.39 is 0 Å². The highest BCUT2D eigenvalue weighted by molar-refractivity contribution is 9.10. The number of rotatable bonds is 8. The van der Waals surface area contributed by atoms with Crippen molar-refractivity contribution in [1.82, 2.24) is 5.32 Å². The minimum absolute atomic E-state index is 0.824. The molecule has 2 rings (SSSR count). The summed E-state index contributed by atoms with van der Waals surface area (Å²) in [4.78, 5) is 0. The van der Waals surface area contributed by atoms with Gasteiger partial charge in [0, 0.05) is 10.5 Å². The zero-order valence-electron chi connectivity index (χ0n) is 11.0. The van der Waals surface area contributed by atoms with Gasteiger partial charge in [-0.25, -0.2) is 0 Å². The van der Waals surface area contributed by atoms with Crippen LogP contribution >= 0.6 is 15.9 Å². The van der Waals surface area contributed by atoms with Gasteiger partial charge in [0.15, 0.2) is 0 Å². The summed E-state index contributed by atoms with van der Waals surface area (Å²) in [5.74, 6) is 0.979. The molecule has 1 saturated carbocycles. The van der Waals surface area contributed by atoms with Gasteiger partial charge in [0.2, 0.25) is 0 Å². The van der Waals surface area contributed by atoms with E-state index in [4.69, 9.17) is 4.74 Å². The summed E-state index contributed by atoms with van der Waals surface area (Å²) in [6.07, 6.45) is 6.41. The van der Waals surface area contributed by atoms with Gasteiger partial charge in [0.05, 0.1) is 6.61 Å². The Labute approximate surface area is 118 Å². The number of hydrogen-bond acceptors (Lipinski definition) is 2. The minimum Gasteiger partial charge on any atom is -0.494 e. The molecule has 1 aromatic rings. The van der Waals surface area contributed by atoms with Gasteiger partial charge in [-0.05, 0) is 69.3 Å². The van der Waals surface area contributed by atoms with E-state index in [1.54, 1.807) is 0 Å². The Bertz CT molecular complexity index is 377. The van der Waals surface area contributed by atoms with Crippen LogP contribution in [0.15, 0.2) is 22.7 Å². The van der Waals surface area contributed by atoms with E-state index in [1.165, 1.54) is 37.8 Å². The summed E-state index contributed by atoms with van der Waals surface area (Å²) in [7, 11) is 0. The fourth-order valence-corrected chi connectivity index (χ4v) is 2.14. The van der Waals surface area contributed by atoms with Crippen LogP contribution in [0, 0.1) is 6.92 Å². The maximum atomic E-state index is 5.74. The summed E-state index contributed by atoms with van der Waals surface area (Å²) in [5, 5.41) is 3.53. The van der Waals surface area contributed by atoms with Crippen molar-refractivity contribution in [1.29, 1.82) is 0 Å². The number of hydrogen-bond donors (Lipinski definition) is 1. The Morgan fingerprint density at radius 3 is 2.83 bits per heavy atom. The molecule has 0 heterocycles. The number of halogens is 1. The van der Waals surface area contributed by atoms with E-state index >= 15 is 0 Å². The number of ether oxygens (including phenoxy) is 1. The lowest BCUT2D eigenvalue weighted by Gasteiger charge is -2.08. The van der Waals surface area contributed by atoms with Crippen LogP contribution in [0.5, 0.6) is 5.75 Å². The summed E-state index contributed by atoms with van der Waals surface area (Å²) in [6.45, 7) is 4.08. The van der Waals surface area contributed by atoms with Crippen molar-refractivity contribution in [3.8, 4) is 5.75 Å². The number of nitrogens with one attached hydrogen (secondary N) is 1. The lowest BCUT2D eigenvalue weighted by atomic mass is 10.2. The molecule has 0 radical (unpaired) electrons. The third-order valence-electron chi connectivity index (χ3n) is 3.23. The second-order valence-corrected chi connectivity index (χ2v) is 5.90. The second-order valence-electron chi connectivity index (χ2n) is 5.05. The topological polar surface area (TPSA) is 21.3 Å². The molecule has 0 spiro atoms. The van der Waals surface area contributed by atoms with Gasteiger partial charge < -0.3 is 10.1 Å². The molecule has 2 nitrogen and oxygen atoms in total. The molecule has 1 fully saturated rings. The van der Waals surface area contributed by atoms with Gasteiger partial charge in [-0.15, -0.1) is 0 Å². The molecule has 1 aliphatic carbocycles. The van der Waals surface area contributed by atoms with Crippen molar-refractivity contribution < 1.29 is 4.74 Å². The molecule has 3 heteroatoms. The van der Waals surface area contributed by atoms with Crippen LogP contribution < -0.4 is 10.1 Å². The van der Waals surface area contributed by atoms with Crippen molar-refractivity contribution in [2.45, 2.75) is 45.1 Å². The monoisotopic (exact) mass is 311 g/mol. The van der Waals surface area contributed by atoms with Crippen LogP contribution in [0.1, 0.15) is 37.7 Å². The van der Waals surface area contributed by atoms with Crippen LogP contribution in [0.4, 0.5) is 0 Å². The van der Waals surface area contributed by atoms with E-state index in [-0.39, 0.29) is 0 Å². The van der Waals surface area contributed by atoms with Gasteiger partial charge in [-0.2, -0.15) is 0 Å². The average Bonchev–Trinajstić information content (AvgIpc) is 3.16. The minimum atomic E-state index is 0.824. The molecular formula is C15H22BrNO. The molecule has 0 bridgehead atoms. The first-order valence-corrected chi connectivity index (χ1v) is 7.67. The molecule has 0 saturated heterocycles. The SMILES string of the molecule is Cc1cc(OCCCCCNC2CC2)ccc1Br. The van der Waals surface area contributed by atoms with E-state index in [0.29, 0.717) is 0 Å². The molecule has 1 N–H and O–H groups in total. The first-order chi connectivity index (χ1) is 8.75. The van der Waals surface area contributed by atoms with E-state index in [9.17, 15) is 0 Å². The van der Waals surface area contributed by atoms with Crippen molar-refractivity contribution in [3.05, 3.63) is 28.2 Å². The Kier molecular flexibility index (Phi) is 5.51. The highest BCUT2D eigenvalue weighted by Gasteiger charge is 2.19. The third-order valence-corrected chi connectivity index (χ3v) is 4.12. The maximum Gasteiger partial charge on any atom is 0.119 e. The van der Waals surface area contributed by atoms with Gasteiger partial charge in [-0.3, -0.25) is 0 Å². The normalized spacial score (nSPS) is 14.8. The first kappa shape index (κ1) is 13.9. The van der Waals surface area contributed by atoms with E-state index in [0.717, 1.165) is 29.3 Å². The smallest absolute Gasteiger partial charge is 0.119 e. The molecule has 0 aromatic heterocycles. The van der Waals surface area contributed by atoms with Gasteiger partial charge in [-0.1, -0.05) is 15.9 Å². The lowest BCUT2D eigenvalue weighted by molar-refractivity contribution is 0.304. The number of benzene rings is 1. The Morgan fingerprint density at radius 1 is 1.28 bits per heavy atom. The highest BCUT2D eigenvalue weighted by atomic mass is 79.9. The quantitative estimate of drug-likeness (QED) is 0.731. The standard InChI is InChI=1S/C15H22BrNO/c1-12-11-14(7-8-15(12)16)18-10-4-2-3-9-17-13-5-6-13/h7-8,11,13,17H,2-6,9-10H2,1H3. The largest absolute Gasteiger partial charge is 0.494 e. The zero-order valence-corrected chi connectivity index (χ0v) is 12.6. The fourth-order valence-electron chi connectivity index (χ4n) is 1.89. The zero-order chi connectivity index (χ0) is 12.8. The molecule has 0 amide bonds. The molecular weight excluding hydrogens is 290 g/mol. The highest BCUT2D eigenvalue weighted by Crippen LogP contribution is 2.21. The molecule has 0 unspecified atom stereocenters. The molecule has 100 valence electrons. The second kappa shape index (κ2) is 7.15. The van der Waals surface area contributed by atoms with Gasteiger partial charge in [0.1, 0.15) is 5.75 Å². The van der Waals surface area contributed by atoms with E-state index in [2.05, 4.69) is 34.2 Å². The Hall–Kier alpha value is -0.540. The number of aryl methyl sites for hydroxylation is 1. The number of unbranched alkanes of at least 4 members (excludes halogenated alkanes) is 2. The lowest BCUT2D eigenvalue weighted by Crippen LogP contribution is -2.17. The molecule has 0 atom stereocenters. The van der Waals surface area contributed by atoms with Crippen molar-refractivity contribution >= 4 is 15.9 Å². The Morgan fingerprint density at radius 2 is 2.11 bits per heavy atom. The van der Waals surface area contributed by atoms with Crippen LogP contribution in [-0.2, 0) is 0 Å². The fraction of sp³-hybridized carbons (Fsp3) is 0.600. The van der Waals surface area contributed by atoms with Gasteiger partial charge in [0.25, 0.3) is 0 Å². The van der Waals surface area contributed by atoms with Crippen molar-refractivity contribution in [3.63, 3.8) is 0 Å². The summed E-state index contributed by atoms with van der Waals surface area (Å²) >= 11 is 3.49. The maximum absolute atomic E-state index is 5.74. The molecule has 0 aliphatic heterocycles. The van der Waals surface area contributed by atoms with Crippen molar-refractivity contribution in [2.24, 2.45) is 0 Å². The Balaban J connectivity index is 1.52. The van der Waals surface area contributed by atoms with Crippen LogP contribution in [0.3, 0.4) is 0 Å². The summed E-state index contributed by atoms with van der Waals surface area (Å²) in [5.41, 5.74) is 1.22. The summed E-state index contributed by atoms with van der Waals surface area (Å²) in [6, 6.07) is 6.99. The predicted molar refractivity (Wildman–Crippen MR) is 79.2 cm³/mol. The predicted octanol–water partition coefficient (Wildman–Crippen LogP) is 4.06. The van der Waals surface area contributed by atoms with Crippen LogP contribution in [0.2, 0.25) is 0 Å².